The van der Waals surface area contributed by atoms with Crippen LogP contribution in [0.25, 0.3) is 16.9 Å². The maximum absolute atomic E-state index is 12.9. The van der Waals surface area contributed by atoms with Crippen LogP contribution in [0.4, 0.5) is 19.0 Å². The van der Waals surface area contributed by atoms with Crippen molar-refractivity contribution in [3.8, 4) is 11.3 Å². The first-order valence-corrected chi connectivity index (χ1v) is 8.73. The Labute approximate surface area is 158 Å². The number of anilines is 1. The molecule has 0 spiro atoms. The van der Waals surface area contributed by atoms with E-state index < -0.39 is 11.7 Å². The molecule has 0 aliphatic rings. The number of nitrogens with one attached hydrogen (secondary N) is 1. The lowest BCUT2D eigenvalue weighted by molar-refractivity contribution is -0.137. The number of nitrogens with zero attached hydrogens (tertiary/aromatic N) is 5. The number of fused-ring (bicyclic) bond motifs is 1. The zero-order valence-electron chi connectivity index (χ0n) is 14.8. The summed E-state index contributed by atoms with van der Waals surface area (Å²) < 4.78 is 42.3. The Morgan fingerprint density at radius 2 is 1.96 bits per heavy atom. The molecule has 1 aromatic carbocycles. The Kier molecular flexibility index (Phi) is 4.72. The monoisotopic (exact) mass is 386 g/mol. The van der Waals surface area contributed by atoms with Crippen LogP contribution in [-0.2, 0) is 12.7 Å². The molecule has 0 saturated heterocycles. The zero-order valence-corrected chi connectivity index (χ0v) is 14.8. The van der Waals surface area contributed by atoms with Crippen LogP contribution in [0.1, 0.15) is 12.0 Å². The summed E-state index contributed by atoms with van der Waals surface area (Å²) in [5, 5.41) is 7.57. The van der Waals surface area contributed by atoms with E-state index in [4.69, 9.17) is 0 Å². The number of benzene rings is 1. The lowest BCUT2D eigenvalue weighted by Gasteiger charge is -2.07. The van der Waals surface area contributed by atoms with Crippen LogP contribution in [0.3, 0.4) is 0 Å². The van der Waals surface area contributed by atoms with Crippen LogP contribution < -0.4 is 5.32 Å². The second-order valence-corrected chi connectivity index (χ2v) is 6.30. The molecule has 9 heteroatoms. The fourth-order valence-corrected chi connectivity index (χ4v) is 2.87. The van der Waals surface area contributed by atoms with Gasteiger partial charge >= 0.3 is 6.18 Å². The number of rotatable bonds is 6. The van der Waals surface area contributed by atoms with Gasteiger partial charge in [0.1, 0.15) is 5.82 Å². The Bertz CT molecular complexity index is 1070. The van der Waals surface area contributed by atoms with E-state index in [0.29, 0.717) is 22.7 Å². The number of aromatic nitrogens is 5. The molecule has 28 heavy (non-hydrogen) atoms. The molecule has 0 amide bonds. The molecule has 3 aromatic heterocycles. The maximum atomic E-state index is 12.9. The van der Waals surface area contributed by atoms with Gasteiger partial charge in [0.05, 0.1) is 17.6 Å². The van der Waals surface area contributed by atoms with Crippen LogP contribution in [-0.4, -0.2) is 30.7 Å². The number of hydrogen-bond donors (Lipinski definition) is 1. The standard InChI is InChI=1S/C19H17F3N6/c20-19(21,22)15-4-1-3-14(11-15)16-12-18-25-17(5-9-28(18)26-16)24-6-2-8-27-10-7-23-13-27/h1,3-5,7,9-13H,2,6,8H2,(H,24,25). The summed E-state index contributed by atoms with van der Waals surface area (Å²) >= 11 is 0. The topological polar surface area (TPSA) is 60.0 Å². The van der Waals surface area contributed by atoms with E-state index in [0.717, 1.165) is 31.6 Å². The smallest absolute Gasteiger partial charge is 0.370 e. The number of aryl methyl sites for hydroxylation is 1. The molecule has 4 rings (SSSR count). The van der Waals surface area contributed by atoms with Crippen molar-refractivity contribution >= 4 is 11.5 Å². The Balaban J connectivity index is 1.47. The first kappa shape index (κ1) is 18.0. The van der Waals surface area contributed by atoms with E-state index >= 15 is 0 Å². The van der Waals surface area contributed by atoms with Gasteiger partial charge in [-0.1, -0.05) is 12.1 Å². The number of imidazole rings is 1. The lowest BCUT2D eigenvalue weighted by atomic mass is 10.1. The molecule has 0 fully saturated rings. The van der Waals surface area contributed by atoms with Crippen molar-refractivity contribution in [3.05, 3.63) is 66.9 Å². The largest absolute Gasteiger partial charge is 0.416 e. The van der Waals surface area contributed by atoms with E-state index in [-0.39, 0.29) is 0 Å². The average Bonchev–Trinajstić information content (AvgIpc) is 3.34. The summed E-state index contributed by atoms with van der Waals surface area (Å²) in [6, 6.07) is 8.58. The minimum Gasteiger partial charge on any atom is -0.370 e. The van der Waals surface area contributed by atoms with Crippen molar-refractivity contribution in [2.45, 2.75) is 19.1 Å². The van der Waals surface area contributed by atoms with Gasteiger partial charge in [0.25, 0.3) is 0 Å². The third-order valence-corrected chi connectivity index (χ3v) is 4.27. The van der Waals surface area contributed by atoms with Gasteiger partial charge in [0.15, 0.2) is 5.65 Å². The van der Waals surface area contributed by atoms with Gasteiger partial charge < -0.3 is 9.88 Å². The van der Waals surface area contributed by atoms with E-state index in [9.17, 15) is 13.2 Å². The molecule has 0 atom stereocenters. The van der Waals surface area contributed by atoms with Gasteiger partial charge in [0.2, 0.25) is 0 Å². The van der Waals surface area contributed by atoms with Gasteiger partial charge in [-0.2, -0.15) is 18.3 Å². The van der Waals surface area contributed by atoms with Crippen molar-refractivity contribution in [2.24, 2.45) is 0 Å². The summed E-state index contributed by atoms with van der Waals surface area (Å²) in [5.74, 6) is 0.689. The van der Waals surface area contributed by atoms with Crippen molar-refractivity contribution in [1.29, 1.82) is 0 Å². The summed E-state index contributed by atoms with van der Waals surface area (Å²) in [5.41, 5.74) is 0.702. The van der Waals surface area contributed by atoms with Gasteiger partial charge in [-0.05, 0) is 24.6 Å². The van der Waals surface area contributed by atoms with E-state index in [1.54, 1.807) is 41.4 Å². The molecular formula is C19H17F3N6. The summed E-state index contributed by atoms with van der Waals surface area (Å²) in [7, 11) is 0. The van der Waals surface area contributed by atoms with E-state index in [1.807, 2.05) is 10.8 Å². The molecular weight excluding hydrogens is 369 g/mol. The average molecular weight is 386 g/mol. The zero-order chi connectivity index (χ0) is 19.6. The van der Waals surface area contributed by atoms with Crippen LogP contribution >= 0.6 is 0 Å². The molecule has 1 N–H and O–H groups in total. The highest BCUT2D eigenvalue weighted by atomic mass is 19.4. The number of hydrogen-bond acceptors (Lipinski definition) is 4. The lowest BCUT2D eigenvalue weighted by Crippen LogP contribution is -2.07. The molecule has 0 unspecified atom stereocenters. The highest BCUT2D eigenvalue weighted by molar-refractivity contribution is 5.65. The van der Waals surface area contributed by atoms with Crippen LogP contribution in [0.2, 0.25) is 0 Å². The van der Waals surface area contributed by atoms with Crippen LogP contribution in [0.5, 0.6) is 0 Å². The first-order valence-electron chi connectivity index (χ1n) is 8.73. The second kappa shape index (κ2) is 7.34. The molecule has 0 radical (unpaired) electrons. The Hall–Kier alpha value is -3.36. The summed E-state index contributed by atoms with van der Waals surface area (Å²) in [6.45, 7) is 1.58. The number of halogens is 3. The minimum absolute atomic E-state index is 0.398. The highest BCUT2D eigenvalue weighted by Crippen LogP contribution is 2.32. The molecule has 6 nitrogen and oxygen atoms in total. The van der Waals surface area contributed by atoms with Crippen molar-refractivity contribution in [2.75, 3.05) is 11.9 Å². The molecule has 0 saturated carbocycles. The summed E-state index contributed by atoms with van der Waals surface area (Å²) in [4.78, 5) is 8.47. The normalized spacial score (nSPS) is 11.8. The predicted octanol–water partition coefficient (Wildman–Crippen LogP) is 4.11. The second-order valence-electron chi connectivity index (χ2n) is 6.30. The van der Waals surface area contributed by atoms with Gasteiger partial charge in [-0.25, -0.2) is 14.5 Å². The third-order valence-electron chi connectivity index (χ3n) is 4.27. The molecule has 144 valence electrons. The Morgan fingerprint density at radius 3 is 2.75 bits per heavy atom. The number of alkyl halides is 3. The van der Waals surface area contributed by atoms with Gasteiger partial charge in [-0.3, -0.25) is 0 Å². The fourth-order valence-electron chi connectivity index (χ4n) is 2.87. The van der Waals surface area contributed by atoms with E-state index in [1.165, 1.54) is 6.07 Å². The van der Waals surface area contributed by atoms with Crippen LogP contribution in [0, 0.1) is 0 Å². The van der Waals surface area contributed by atoms with Gasteiger partial charge in [0, 0.05) is 43.3 Å². The molecule has 0 aliphatic heterocycles. The minimum atomic E-state index is -4.39. The highest BCUT2D eigenvalue weighted by Gasteiger charge is 2.30. The molecule has 0 aliphatic carbocycles. The third kappa shape index (κ3) is 3.98. The molecule has 4 aromatic rings. The van der Waals surface area contributed by atoms with Crippen LogP contribution in [0.15, 0.2) is 61.3 Å². The molecule has 3 heterocycles. The van der Waals surface area contributed by atoms with E-state index in [2.05, 4.69) is 20.4 Å². The van der Waals surface area contributed by atoms with Crippen molar-refractivity contribution in [3.63, 3.8) is 0 Å². The first-order chi connectivity index (χ1) is 13.5. The van der Waals surface area contributed by atoms with Crippen molar-refractivity contribution < 1.29 is 13.2 Å². The maximum Gasteiger partial charge on any atom is 0.416 e. The fraction of sp³-hybridized carbons (Fsp3) is 0.211. The quantitative estimate of drug-likeness (QED) is 0.507. The van der Waals surface area contributed by atoms with Crippen molar-refractivity contribution in [1.82, 2.24) is 24.1 Å². The SMILES string of the molecule is FC(F)(F)c1cccc(-c2cc3nc(NCCCn4ccnc4)ccn3n2)c1. The summed E-state index contributed by atoms with van der Waals surface area (Å²) in [6.07, 6.45) is 3.67. The van der Waals surface area contributed by atoms with Gasteiger partial charge in [-0.15, -0.1) is 0 Å². The molecule has 0 bridgehead atoms. The predicted molar refractivity (Wildman–Crippen MR) is 98.8 cm³/mol. The Morgan fingerprint density at radius 1 is 1.07 bits per heavy atom.